The second-order valence-electron chi connectivity index (χ2n) is 3.82. The fourth-order valence-electron chi connectivity index (χ4n) is 1.72. The van der Waals surface area contributed by atoms with Gasteiger partial charge in [-0.1, -0.05) is 36.4 Å². The van der Waals surface area contributed by atoms with E-state index >= 15 is 0 Å². The number of thioether (sulfide) groups is 1. The van der Waals surface area contributed by atoms with Gasteiger partial charge in [-0.25, -0.2) is 0 Å². The summed E-state index contributed by atoms with van der Waals surface area (Å²) >= 11 is 2.07. The van der Waals surface area contributed by atoms with E-state index in [9.17, 15) is 5.11 Å². The molecule has 0 amide bonds. The first kappa shape index (κ1) is 11.3. The summed E-state index contributed by atoms with van der Waals surface area (Å²) in [5, 5.41) is 11.4. The van der Waals surface area contributed by atoms with Crippen LogP contribution in [0.15, 0.2) is 42.5 Å². The molecule has 0 atom stereocenters. The number of phenols is 1. The molecular weight excluding hydrogens is 216 g/mol. The summed E-state index contributed by atoms with van der Waals surface area (Å²) in [4.78, 5) is 0. The molecule has 0 bridgehead atoms. The third-order valence-corrected chi connectivity index (χ3v) is 3.75. The van der Waals surface area contributed by atoms with E-state index in [0.29, 0.717) is 5.75 Å². The van der Waals surface area contributed by atoms with Crippen molar-refractivity contribution in [2.24, 2.45) is 0 Å². The number of phenolic OH excluding ortho intramolecular Hbond substituents is 1. The van der Waals surface area contributed by atoms with Crippen molar-refractivity contribution in [3.63, 3.8) is 0 Å². The molecule has 1 aliphatic heterocycles. The van der Waals surface area contributed by atoms with Gasteiger partial charge < -0.3 is 5.11 Å². The summed E-state index contributed by atoms with van der Waals surface area (Å²) in [6.07, 6.45) is 2.93. The van der Waals surface area contributed by atoms with Gasteiger partial charge in [0, 0.05) is 5.39 Å². The molecule has 2 heteroatoms. The number of hydrogen-bond acceptors (Lipinski definition) is 2. The van der Waals surface area contributed by atoms with Gasteiger partial charge in [0.05, 0.1) is 0 Å². The van der Waals surface area contributed by atoms with Crippen molar-refractivity contribution >= 4 is 22.5 Å². The second kappa shape index (κ2) is 5.80. The molecule has 0 radical (unpaired) electrons. The fourth-order valence-corrected chi connectivity index (χ4v) is 2.74. The lowest BCUT2D eigenvalue weighted by Crippen LogP contribution is -1.70. The Morgan fingerprint density at radius 2 is 1.56 bits per heavy atom. The van der Waals surface area contributed by atoms with Gasteiger partial charge in [0.15, 0.2) is 0 Å². The molecule has 0 spiro atoms. The van der Waals surface area contributed by atoms with Crippen LogP contribution in [0.5, 0.6) is 5.75 Å². The number of hydrogen-bond donors (Lipinski definition) is 1. The van der Waals surface area contributed by atoms with Crippen molar-refractivity contribution in [2.75, 3.05) is 11.5 Å². The maximum absolute atomic E-state index is 9.37. The van der Waals surface area contributed by atoms with Crippen LogP contribution >= 0.6 is 11.8 Å². The van der Waals surface area contributed by atoms with E-state index in [4.69, 9.17) is 0 Å². The highest BCUT2D eigenvalue weighted by molar-refractivity contribution is 7.99. The molecule has 1 N–H and O–H groups in total. The Hall–Kier alpha value is -1.15. The number of fused-ring (bicyclic) bond motifs is 1. The Morgan fingerprint density at radius 1 is 0.875 bits per heavy atom. The smallest absolute Gasteiger partial charge is 0.123 e. The van der Waals surface area contributed by atoms with Crippen LogP contribution < -0.4 is 0 Å². The fraction of sp³-hybridized carbons (Fsp3) is 0.286. The van der Waals surface area contributed by atoms with E-state index in [1.807, 2.05) is 36.4 Å². The maximum atomic E-state index is 9.37. The van der Waals surface area contributed by atoms with Crippen molar-refractivity contribution in [1.29, 1.82) is 0 Å². The van der Waals surface area contributed by atoms with Crippen LogP contribution in [-0.4, -0.2) is 16.6 Å². The molecule has 1 nitrogen and oxygen atoms in total. The molecule has 84 valence electrons. The minimum Gasteiger partial charge on any atom is -0.507 e. The largest absolute Gasteiger partial charge is 0.507 e. The van der Waals surface area contributed by atoms with Crippen molar-refractivity contribution in [1.82, 2.24) is 0 Å². The van der Waals surface area contributed by atoms with Gasteiger partial charge in [-0.15, -0.1) is 0 Å². The molecule has 1 aliphatic rings. The Labute approximate surface area is 100 Å². The summed E-state index contributed by atoms with van der Waals surface area (Å²) in [6.45, 7) is 0. The normalized spacial score (nSPS) is 14.5. The van der Waals surface area contributed by atoms with Crippen molar-refractivity contribution < 1.29 is 5.11 Å². The lowest BCUT2D eigenvalue weighted by atomic mass is 10.1. The Kier molecular flexibility index (Phi) is 4.11. The Bertz CT molecular complexity index is 436. The van der Waals surface area contributed by atoms with Crippen molar-refractivity contribution in [2.45, 2.75) is 12.8 Å². The third kappa shape index (κ3) is 2.92. The van der Waals surface area contributed by atoms with E-state index in [1.165, 1.54) is 24.3 Å². The number of aromatic hydroxyl groups is 1. The lowest BCUT2D eigenvalue weighted by Gasteiger charge is -1.97. The monoisotopic (exact) mass is 232 g/mol. The molecule has 0 aromatic heterocycles. The third-order valence-electron chi connectivity index (χ3n) is 2.59. The molecule has 2 aromatic carbocycles. The van der Waals surface area contributed by atoms with Crippen LogP contribution in [0.3, 0.4) is 0 Å². The van der Waals surface area contributed by atoms with E-state index < -0.39 is 0 Å². The highest BCUT2D eigenvalue weighted by Gasteiger charge is 1.95. The molecule has 1 saturated heterocycles. The average molecular weight is 232 g/mol. The summed E-state index contributed by atoms with van der Waals surface area (Å²) in [5.41, 5.74) is 0. The zero-order valence-electron chi connectivity index (χ0n) is 9.23. The van der Waals surface area contributed by atoms with Crippen LogP contribution in [0.25, 0.3) is 10.8 Å². The Morgan fingerprint density at radius 3 is 2.19 bits per heavy atom. The molecule has 1 fully saturated rings. The molecule has 0 unspecified atom stereocenters. The molecule has 16 heavy (non-hydrogen) atoms. The van der Waals surface area contributed by atoms with Crippen LogP contribution in [0.2, 0.25) is 0 Å². The summed E-state index contributed by atoms with van der Waals surface area (Å²) in [5.74, 6) is 3.18. The zero-order chi connectivity index (χ0) is 11.2. The highest BCUT2D eigenvalue weighted by Crippen LogP contribution is 2.22. The van der Waals surface area contributed by atoms with Crippen LogP contribution in [-0.2, 0) is 0 Å². The van der Waals surface area contributed by atoms with Gasteiger partial charge in [-0.2, -0.15) is 11.8 Å². The van der Waals surface area contributed by atoms with Gasteiger partial charge in [-0.05, 0) is 35.8 Å². The molecular formula is C14H16OS. The first-order valence-electron chi connectivity index (χ1n) is 5.62. The SMILES string of the molecule is C1CCSC1.Oc1cccc2ccccc12. The van der Waals surface area contributed by atoms with Gasteiger partial charge in [-0.3, -0.25) is 0 Å². The van der Waals surface area contributed by atoms with Crippen molar-refractivity contribution in [3.8, 4) is 5.75 Å². The van der Waals surface area contributed by atoms with Gasteiger partial charge >= 0.3 is 0 Å². The predicted molar refractivity (Wildman–Crippen MR) is 72.2 cm³/mol. The van der Waals surface area contributed by atoms with Crippen LogP contribution in [0.1, 0.15) is 12.8 Å². The minimum absolute atomic E-state index is 0.350. The topological polar surface area (TPSA) is 20.2 Å². The molecule has 2 aromatic rings. The van der Waals surface area contributed by atoms with Crippen LogP contribution in [0.4, 0.5) is 0 Å². The molecule has 1 heterocycles. The summed E-state index contributed by atoms with van der Waals surface area (Å²) in [7, 11) is 0. The summed E-state index contributed by atoms with van der Waals surface area (Å²) < 4.78 is 0. The van der Waals surface area contributed by atoms with Gasteiger partial charge in [0.25, 0.3) is 0 Å². The quantitative estimate of drug-likeness (QED) is 0.739. The lowest BCUT2D eigenvalue weighted by molar-refractivity contribution is 0.481. The first-order chi connectivity index (χ1) is 7.88. The first-order valence-corrected chi connectivity index (χ1v) is 6.78. The van der Waals surface area contributed by atoms with Gasteiger partial charge in [0.1, 0.15) is 5.75 Å². The summed E-state index contributed by atoms with van der Waals surface area (Å²) in [6, 6.07) is 13.3. The van der Waals surface area contributed by atoms with Crippen molar-refractivity contribution in [3.05, 3.63) is 42.5 Å². The van der Waals surface area contributed by atoms with E-state index in [-0.39, 0.29) is 0 Å². The minimum atomic E-state index is 0.350. The molecule has 3 rings (SSSR count). The van der Waals surface area contributed by atoms with E-state index in [0.717, 1.165) is 10.8 Å². The Balaban J connectivity index is 0.000000162. The highest BCUT2D eigenvalue weighted by atomic mass is 32.2. The zero-order valence-corrected chi connectivity index (χ0v) is 10.0. The second-order valence-corrected chi connectivity index (χ2v) is 5.04. The predicted octanol–water partition coefficient (Wildman–Crippen LogP) is 4.06. The number of benzene rings is 2. The molecule has 0 saturated carbocycles. The van der Waals surface area contributed by atoms with E-state index in [1.54, 1.807) is 6.07 Å². The standard InChI is InChI=1S/C10H8O.C4H8S/c11-10-7-3-5-8-4-1-2-6-9(8)10;1-2-4-5-3-1/h1-7,11H;1-4H2. The number of rotatable bonds is 0. The average Bonchev–Trinajstić information content (AvgIpc) is 2.88. The van der Waals surface area contributed by atoms with Gasteiger partial charge in [0.2, 0.25) is 0 Å². The van der Waals surface area contributed by atoms with E-state index in [2.05, 4.69) is 11.8 Å². The van der Waals surface area contributed by atoms with Crippen LogP contribution in [0, 0.1) is 0 Å². The maximum Gasteiger partial charge on any atom is 0.123 e. The molecule has 0 aliphatic carbocycles.